The quantitative estimate of drug-likeness (QED) is 0.423. The van der Waals surface area contributed by atoms with Gasteiger partial charge in [-0.1, -0.05) is 27.7 Å². The van der Waals surface area contributed by atoms with E-state index in [9.17, 15) is 15.0 Å². The molecule has 1 aliphatic rings. The number of rotatable bonds is 10. The van der Waals surface area contributed by atoms with Crippen molar-refractivity contribution < 1.29 is 29.2 Å². The fourth-order valence-electron chi connectivity index (χ4n) is 2.60. The maximum absolute atomic E-state index is 11.4. The number of aliphatic hydroxyl groups is 2. The van der Waals surface area contributed by atoms with E-state index < -0.39 is 24.5 Å². The highest BCUT2D eigenvalue weighted by Crippen LogP contribution is 2.25. The second-order valence-corrected chi connectivity index (χ2v) is 8.67. The van der Waals surface area contributed by atoms with Gasteiger partial charge < -0.3 is 35.5 Å². The second-order valence-electron chi connectivity index (χ2n) is 8.67. The Morgan fingerprint density at radius 1 is 1.23 bits per heavy atom. The first-order valence-corrected chi connectivity index (χ1v) is 9.10. The summed E-state index contributed by atoms with van der Waals surface area (Å²) in [6.07, 6.45) is -2.06. The largest absolute Gasteiger partial charge is 0.394 e. The minimum Gasteiger partial charge on any atom is -0.394 e. The third-order valence-corrected chi connectivity index (χ3v) is 4.31. The maximum atomic E-state index is 11.4. The Balaban J connectivity index is 2.57. The summed E-state index contributed by atoms with van der Waals surface area (Å²) in [4.78, 5) is 11.4. The van der Waals surface area contributed by atoms with Crippen LogP contribution >= 0.6 is 0 Å². The van der Waals surface area contributed by atoms with Crippen molar-refractivity contribution >= 4 is 5.91 Å². The summed E-state index contributed by atoms with van der Waals surface area (Å²) in [6, 6.07) is -0.474. The van der Waals surface area contributed by atoms with Crippen molar-refractivity contribution in [3.8, 4) is 0 Å². The van der Waals surface area contributed by atoms with Crippen LogP contribution in [0.2, 0.25) is 0 Å². The highest BCUT2D eigenvalue weighted by Gasteiger charge is 2.39. The lowest BCUT2D eigenvalue weighted by molar-refractivity contribution is -0.250. The van der Waals surface area contributed by atoms with E-state index in [1.807, 2.05) is 27.7 Å². The average Bonchev–Trinajstić information content (AvgIpc) is 2.53. The van der Waals surface area contributed by atoms with Gasteiger partial charge in [0, 0.05) is 24.2 Å². The molecule has 8 nitrogen and oxygen atoms in total. The van der Waals surface area contributed by atoms with E-state index in [0.29, 0.717) is 26.4 Å². The van der Waals surface area contributed by atoms with Crippen LogP contribution in [0.1, 0.15) is 41.0 Å². The average molecular weight is 376 g/mol. The molecule has 0 bridgehead atoms. The number of hydrogen-bond acceptors (Lipinski definition) is 7. The second kappa shape index (κ2) is 9.96. The van der Waals surface area contributed by atoms with Crippen molar-refractivity contribution in [2.75, 3.05) is 33.0 Å². The van der Waals surface area contributed by atoms with Crippen LogP contribution in [0.5, 0.6) is 0 Å². The molecule has 0 saturated carbocycles. The summed E-state index contributed by atoms with van der Waals surface area (Å²) in [5.74, 6) is -0.228. The van der Waals surface area contributed by atoms with Crippen molar-refractivity contribution in [3.63, 3.8) is 0 Å². The molecule has 0 aromatic heterocycles. The minimum absolute atomic E-state index is 0.0790. The fourth-order valence-corrected chi connectivity index (χ4v) is 2.60. The predicted octanol–water partition coefficient (Wildman–Crippen LogP) is 0.00360. The lowest BCUT2D eigenvalue weighted by Crippen LogP contribution is -2.56. The molecule has 26 heavy (non-hydrogen) atoms. The molecule has 1 amide bonds. The van der Waals surface area contributed by atoms with Gasteiger partial charge in [-0.15, -0.1) is 0 Å². The molecule has 1 unspecified atom stereocenters. The first-order chi connectivity index (χ1) is 12.0. The monoisotopic (exact) mass is 376 g/mol. The van der Waals surface area contributed by atoms with Crippen LogP contribution in [0.4, 0.5) is 0 Å². The normalized spacial score (nSPS) is 27.4. The van der Waals surface area contributed by atoms with Gasteiger partial charge in [0.2, 0.25) is 5.91 Å². The molecule has 1 heterocycles. The number of amides is 1. The van der Waals surface area contributed by atoms with Gasteiger partial charge in [0.25, 0.3) is 0 Å². The Bertz CT molecular complexity index is 443. The Kier molecular flexibility index (Phi) is 8.92. The van der Waals surface area contributed by atoms with Gasteiger partial charge in [0.15, 0.2) is 6.29 Å². The minimum atomic E-state index is -0.855. The number of nitrogens with two attached hydrogens (primary N) is 1. The SMILES string of the molecule is CC(=O)N[C@@H]1C[C@@H](O)[C@@H](CO)OC1OCC(C)(C)COCC(C)(C)CN. The number of ether oxygens (including phenoxy) is 3. The number of carbonyl (C=O) groups excluding carboxylic acids is 1. The van der Waals surface area contributed by atoms with Gasteiger partial charge >= 0.3 is 0 Å². The van der Waals surface area contributed by atoms with Crippen LogP contribution in [0.25, 0.3) is 0 Å². The molecule has 1 saturated heterocycles. The zero-order valence-corrected chi connectivity index (χ0v) is 16.7. The summed E-state index contributed by atoms with van der Waals surface area (Å²) in [7, 11) is 0. The summed E-state index contributed by atoms with van der Waals surface area (Å²) in [5.41, 5.74) is 5.35. The molecule has 0 spiro atoms. The zero-order chi connectivity index (χ0) is 20.0. The first-order valence-electron chi connectivity index (χ1n) is 9.10. The molecule has 8 heteroatoms. The number of carbonyl (C=O) groups is 1. The Morgan fingerprint density at radius 2 is 1.85 bits per heavy atom. The zero-order valence-electron chi connectivity index (χ0n) is 16.7. The summed E-state index contributed by atoms with van der Waals surface area (Å²) in [5, 5.41) is 22.1. The molecule has 0 aliphatic carbocycles. The Hall–Kier alpha value is -0.770. The van der Waals surface area contributed by atoms with Crippen molar-refractivity contribution in [3.05, 3.63) is 0 Å². The fraction of sp³-hybridized carbons (Fsp3) is 0.944. The molecule has 5 N–H and O–H groups in total. The lowest BCUT2D eigenvalue weighted by Gasteiger charge is -2.40. The third-order valence-electron chi connectivity index (χ3n) is 4.31. The number of nitrogens with one attached hydrogen (secondary N) is 1. The lowest BCUT2D eigenvalue weighted by atomic mass is 9.94. The van der Waals surface area contributed by atoms with Crippen molar-refractivity contribution in [1.82, 2.24) is 5.32 Å². The van der Waals surface area contributed by atoms with E-state index in [2.05, 4.69) is 5.32 Å². The van der Waals surface area contributed by atoms with Crippen LogP contribution in [-0.2, 0) is 19.0 Å². The number of aliphatic hydroxyl groups excluding tert-OH is 2. The first kappa shape index (κ1) is 23.3. The van der Waals surface area contributed by atoms with E-state index in [0.717, 1.165) is 0 Å². The van der Waals surface area contributed by atoms with Crippen LogP contribution in [0.3, 0.4) is 0 Å². The van der Waals surface area contributed by atoms with Gasteiger partial charge in [-0.3, -0.25) is 4.79 Å². The molecule has 0 radical (unpaired) electrons. The predicted molar refractivity (Wildman–Crippen MR) is 97.4 cm³/mol. The van der Waals surface area contributed by atoms with Gasteiger partial charge in [0.05, 0.1) is 38.6 Å². The standard InChI is InChI=1S/C18H36N2O6/c1-12(22)20-13-6-14(23)15(7-21)26-16(13)25-11-18(4,5)10-24-9-17(2,3)8-19/h13-16,21,23H,6-11,19H2,1-5H3,(H,20,22)/t13-,14-,15-,16?/m1/s1. The Labute approximate surface area is 156 Å². The molecule has 1 aliphatic heterocycles. The molecule has 0 aromatic rings. The molecule has 4 atom stereocenters. The highest BCUT2D eigenvalue weighted by molar-refractivity contribution is 5.73. The van der Waals surface area contributed by atoms with Crippen molar-refractivity contribution in [2.45, 2.75) is 65.6 Å². The molecular formula is C18H36N2O6. The van der Waals surface area contributed by atoms with Crippen LogP contribution in [0, 0.1) is 10.8 Å². The Morgan fingerprint density at radius 3 is 2.38 bits per heavy atom. The van der Waals surface area contributed by atoms with Gasteiger partial charge in [-0.2, -0.15) is 0 Å². The van der Waals surface area contributed by atoms with E-state index in [4.69, 9.17) is 19.9 Å². The van der Waals surface area contributed by atoms with Crippen molar-refractivity contribution in [2.24, 2.45) is 16.6 Å². The van der Waals surface area contributed by atoms with E-state index in [-0.39, 0.29) is 29.8 Å². The van der Waals surface area contributed by atoms with Crippen LogP contribution < -0.4 is 11.1 Å². The summed E-state index contributed by atoms with van der Waals surface area (Å²) in [6.45, 7) is 11.1. The molecule has 154 valence electrons. The van der Waals surface area contributed by atoms with E-state index >= 15 is 0 Å². The molecule has 1 rings (SSSR count). The molecular weight excluding hydrogens is 340 g/mol. The topological polar surface area (TPSA) is 123 Å². The molecule has 0 aromatic carbocycles. The summed E-state index contributed by atoms with van der Waals surface area (Å²) >= 11 is 0. The van der Waals surface area contributed by atoms with Gasteiger partial charge in [-0.05, 0) is 6.54 Å². The van der Waals surface area contributed by atoms with Crippen LogP contribution in [0.15, 0.2) is 0 Å². The summed E-state index contributed by atoms with van der Waals surface area (Å²) < 4.78 is 17.3. The van der Waals surface area contributed by atoms with Crippen molar-refractivity contribution in [1.29, 1.82) is 0 Å². The smallest absolute Gasteiger partial charge is 0.217 e. The third kappa shape index (κ3) is 7.85. The maximum Gasteiger partial charge on any atom is 0.217 e. The molecule has 1 fully saturated rings. The highest BCUT2D eigenvalue weighted by atomic mass is 16.7. The van der Waals surface area contributed by atoms with Gasteiger partial charge in [-0.25, -0.2) is 0 Å². The number of hydrogen-bond donors (Lipinski definition) is 4. The van der Waals surface area contributed by atoms with E-state index in [1.54, 1.807) is 0 Å². The van der Waals surface area contributed by atoms with Crippen LogP contribution in [-0.4, -0.2) is 73.6 Å². The van der Waals surface area contributed by atoms with E-state index in [1.165, 1.54) is 6.92 Å². The van der Waals surface area contributed by atoms with Gasteiger partial charge in [0.1, 0.15) is 6.10 Å².